The molecule has 1 amide bonds. The van der Waals surface area contributed by atoms with E-state index in [0.29, 0.717) is 17.7 Å². The van der Waals surface area contributed by atoms with Crippen molar-refractivity contribution in [3.8, 4) is 5.69 Å². The third-order valence-electron chi connectivity index (χ3n) is 6.72. The van der Waals surface area contributed by atoms with Crippen molar-refractivity contribution in [2.45, 2.75) is 45.1 Å². The highest BCUT2D eigenvalue weighted by atomic mass is 32.2. The monoisotopic (exact) mass is 586 g/mol. The molecule has 0 bridgehead atoms. The van der Waals surface area contributed by atoms with Gasteiger partial charge in [-0.1, -0.05) is 48.0 Å². The van der Waals surface area contributed by atoms with Gasteiger partial charge in [-0.3, -0.25) is 4.79 Å². The van der Waals surface area contributed by atoms with E-state index in [-0.39, 0.29) is 17.3 Å². The summed E-state index contributed by atoms with van der Waals surface area (Å²) in [7, 11) is -3.87. The molecule has 0 aliphatic rings. The summed E-state index contributed by atoms with van der Waals surface area (Å²) >= 11 is 0. The van der Waals surface area contributed by atoms with Crippen molar-refractivity contribution in [2.75, 3.05) is 6.61 Å². The number of hydrazone groups is 1. The van der Waals surface area contributed by atoms with Crippen LogP contribution in [0.4, 0.5) is 0 Å². The first-order chi connectivity index (χ1) is 20.1. The lowest BCUT2D eigenvalue weighted by atomic mass is 10.0. The number of hydrogen-bond acceptors (Lipinski definition) is 6. The first-order valence-corrected chi connectivity index (χ1v) is 15.0. The summed E-state index contributed by atoms with van der Waals surface area (Å²) in [5, 5.41) is 4.14. The second kappa shape index (κ2) is 13.4. The lowest BCUT2D eigenvalue weighted by Gasteiger charge is -2.18. The predicted molar refractivity (Wildman–Crippen MR) is 162 cm³/mol. The second-order valence-corrected chi connectivity index (χ2v) is 11.5. The molecule has 0 fully saturated rings. The number of hydrogen-bond donors (Lipinski definition) is 2. The standard InChI is InChI=1S/C32H34N4O5S/c1-5-41-32(38)26-13-15-28(16-14-26)36-23(3)19-27(24(36)4)21-33-34-31(37)20-30(25-9-7-6-8-10-25)35-42(39,40)29-17-11-22(2)12-18-29/h6-19,21,30,35H,5,20H2,1-4H3,(H,34,37)/b33-21-/t30-/m0/s1. The average Bonchev–Trinajstić information content (AvgIpc) is 3.25. The Morgan fingerprint density at radius 1 is 0.952 bits per heavy atom. The van der Waals surface area contributed by atoms with Crippen molar-refractivity contribution in [1.82, 2.24) is 14.7 Å². The van der Waals surface area contributed by atoms with Crippen molar-refractivity contribution >= 4 is 28.1 Å². The van der Waals surface area contributed by atoms with Gasteiger partial charge < -0.3 is 9.30 Å². The molecule has 0 radical (unpaired) electrons. The molecule has 2 N–H and O–H groups in total. The molecular weight excluding hydrogens is 552 g/mol. The van der Waals surface area contributed by atoms with Crippen LogP contribution in [0.25, 0.3) is 5.69 Å². The summed E-state index contributed by atoms with van der Waals surface area (Å²) in [6, 6.07) is 23.7. The van der Waals surface area contributed by atoms with Crippen molar-refractivity contribution in [3.05, 3.63) is 119 Å². The SMILES string of the molecule is CCOC(=O)c1ccc(-n2c(C)cc(/C=N\NC(=O)C[C@H](NS(=O)(=O)c3ccc(C)cc3)c3ccccc3)c2C)cc1. The maximum atomic E-state index is 13.1. The number of sulfonamides is 1. The molecule has 0 unspecified atom stereocenters. The Morgan fingerprint density at radius 2 is 1.62 bits per heavy atom. The van der Waals surface area contributed by atoms with Gasteiger partial charge in [-0.2, -0.15) is 5.10 Å². The summed E-state index contributed by atoms with van der Waals surface area (Å²) in [5.41, 5.74) is 8.10. The summed E-state index contributed by atoms with van der Waals surface area (Å²) < 4.78 is 35.9. The largest absolute Gasteiger partial charge is 0.462 e. The van der Waals surface area contributed by atoms with Crippen LogP contribution in [-0.2, 0) is 19.6 Å². The first-order valence-electron chi connectivity index (χ1n) is 13.5. The molecule has 1 aromatic heterocycles. The average molecular weight is 587 g/mol. The molecule has 0 saturated carbocycles. The Morgan fingerprint density at radius 3 is 2.26 bits per heavy atom. The highest BCUT2D eigenvalue weighted by Gasteiger charge is 2.24. The van der Waals surface area contributed by atoms with E-state index in [4.69, 9.17) is 4.74 Å². The Balaban J connectivity index is 1.46. The number of esters is 1. The van der Waals surface area contributed by atoms with Crippen molar-refractivity contribution in [2.24, 2.45) is 5.10 Å². The lowest BCUT2D eigenvalue weighted by molar-refractivity contribution is -0.121. The number of aryl methyl sites for hydroxylation is 2. The van der Waals surface area contributed by atoms with Crippen LogP contribution < -0.4 is 10.1 Å². The van der Waals surface area contributed by atoms with Crippen LogP contribution in [0.5, 0.6) is 0 Å². The van der Waals surface area contributed by atoms with Gasteiger partial charge >= 0.3 is 5.97 Å². The first kappa shape index (κ1) is 30.4. The fourth-order valence-electron chi connectivity index (χ4n) is 4.57. The highest BCUT2D eigenvalue weighted by molar-refractivity contribution is 7.89. The zero-order valence-electron chi connectivity index (χ0n) is 24.0. The van der Waals surface area contributed by atoms with Crippen LogP contribution in [0.15, 0.2) is 94.9 Å². The Labute approximate surface area is 246 Å². The van der Waals surface area contributed by atoms with Gasteiger partial charge in [0.2, 0.25) is 15.9 Å². The maximum Gasteiger partial charge on any atom is 0.338 e. The van der Waals surface area contributed by atoms with E-state index in [1.165, 1.54) is 12.1 Å². The van der Waals surface area contributed by atoms with E-state index < -0.39 is 22.0 Å². The third kappa shape index (κ3) is 7.39. The van der Waals surface area contributed by atoms with Gasteiger partial charge in [-0.25, -0.2) is 23.4 Å². The molecule has 1 heterocycles. The van der Waals surface area contributed by atoms with Crippen molar-refractivity contribution in [1.29, 1.82) is 0 Å². The van der Waals surface area contributed by atoms with Gasteiger partial charge in [-0.15, -0.1) is 0 Å². The minimum absolute atomic E-state index is 0.123. The molecule has 1 atom stereocenters. The molecule has 0 spiro atoms. The zero-order chi connectivity index (χ0) is 30.3. The minimum Gasteiger partial charge on any atom is -0.462 e. The number of carbonyl (C=O) groups is 2. The molecule has 4 aromatic rings. The molecule has 0 aliphatic carbocycles. The summed E-state index contributed by atoms with van der Waals surface area (Å²) in [6.45, 7) is 7.84. The highest BCUT2D eigenvalue weighted by Crippen LogP contribution is 2.22. The number of amides is 1. The quantitative estimate of drug-likeness (QED) is 0.143. The van der Waals surface area contributed by atoms with Crippen LogP contribution in [-0.4, -0.2) is 37.7 Å². The van der Waals surface area contributed by atoms with Crippen LogP contribution in [0.3, 0.4) is 0 Å². The number of rotatable bonds is 11. The fourth-order valence-corrected chi connectivity index (χ4v) is 5.79. The van der Waals surface area contributed by atoms with Gasteiger partial charge in [0.05, 0.1) is 29.3 Å². The van der Waals surface area contributed by atoms with E-state index in [2.05, 4.69) is 15.2 Å². The minimum atomic E-state index is -3.87. The number of carbonyl (C=O) groups excluding carboxylic acids is 2. The summed E-state index contributed by atoms with van der Waals surface area (Å²) in [4.78, 5) is 25.0. The topological polar surface area (TPSA) is 119 Å². The van der Waals surface area contributed by atoms with Crippen molar-refractivity contribution in [3.63, 3.8) is 0 Å². The van der Waals surface area contributed by atoms with E-state index in [1.54, 1.807) is 61.7 Å². The van der Waals surface area contributed by atoms with Crippen molar-refractivity contribution < 1.29 is 22.7 Å². The fraction of sp³-hybridized carbons (Fsp3) is 0.219. The molecule has 0 aliphatic heterocycles. The predicted octanol–water partition coefficient (Wildman–Crippen LogP) is 5.14. The second-order valence-electron chi connectivity index (χ2n) is 9.82. The van der Waals surface area contributed by atoms with Crippen LogP contribution >= 0.6 is 0 Å². The number of nitrogens with zero attached hydrogens (tertiary/aromatic N) is 2. The van der Waals surface area contributed by atoms with E-state index in [1.807, 2.05) is 49.6 Å². The van der Waals surface area contributed by atoms with Crippen LogP contribution in [0.2, 0.25) is 0 Å². The van der Waals surface area contributed by atoms with Crippen LogP contribution in [0, 0.1) is 20.8 Å². The molecule has 10 heteroatoms. The number of aromatic nitrogens is 1. The molecule has 42 heavy (non-hydrogen) atoms. The molecule has 3 aromatic carbocycles. The number of nitrogens with one attached hydrogen (secondary N) is 2. The van der Waals surface area contributed by atoms with E-state index >= 15 is 0 Å². The molecular formula is C32H34N4O5S. The number of benzene rings is 3. The molecule has 9 nitrogen and oxygen atoms in total. The van der Waals surface area contributed by atoms with Gasteiger partial charge in [0, 0.05) is 29.1 Å². The van der Waals surface area contributed by atoms with Crippen LogP contribution in [0.1, 0.15) is 57.8 Å². The lowest BCUT2D eigenvalue weighted by Crippen LogP contribution is -2.32. The normalized spacial score (nSPS) is 12.3. The van der Waals surface area contributed by atoms with E-state index in [0.717, 1.165) is 28.2 Å². The van der Waals surface area contributed by atoms with Gasteiger partial charge in [0.15, 0.2) is 0 Å². The Kier molecular flexibility index (Phi) is 9.72. The van der Waals surface area contributed by atoms with E-state index in [9.17, 15) is 18.0 Å². The summed E-state index contributed by atoms with van der Waals surface area (Å²) in [6.07, 6.45) is 1.40. The van der Waals surface area contributed by atoms with Gasteiger partial charge in [-0.05, 0) is 75.7 Å². The summed E-state index contributed by atoms with van der Waals surface area (Å²) in [5.74, 6) is -0.818. The zero-order valence-corrected chi connectivity index (χ0v) is 24.8. The van der Waals surface area contributed by atoms with Gasteiger partial charge in [0.1, 0.15) is 0 Å². The Hall–Kier alpha value is -4.54. The smallest absolute Gasteiger partial charge is 0.338 e. The Bertz CT molecular complexity index is 1680. The molecule has 4 rings (SSSR count). The molecule has 0 saturated heterocycles. The van der Waals surface area contributed by atoms with Gasteiger partial charge in [0.25, 0.3) is 0 Å². The third-order valence-corrected chi connectivity index (χ3v) is 8.21. The maximum absolute atomic E-state index is 13.1. The number of ether oxygens (including phenoxy) is 1. The molecule has 218 valence electrons.